The molecule has 1 rings (SSSR count). The number of halogens is 2. The molecule has 82 valence electrons. The maximum absolute atomic E-state index is 11.0. The van der Waals surface area contributed by atoms with E-state index in [0.717, 1.165) is 0 Å². The van der Waals surface area contributed by atoms with E-state index in [1.807, 2.05) is 0 Å². The molecule has 2 N–H and O–H groups in total. The molecule has 1 atom stereocenters. The molecule has 0 aromatic carbocycles. The lowest BCUT2D eigenvalue weighted by Crippen LogP contribution is -2.30. The van der Waals surface area contributed by atoms with Crippen LogP contribution in [0.3, 0.4) is 0 Å². The van der Waals surface area contributed by atoms with Gasteiger partial charge in [-0.05, 0) is 28.9 Å². The van der Waals surface area contributed by atoms with Gasteiger partial charge in [-0.15, -0.1) is 0 Å². The van der Waals surface area contributed by atoms with Gasteiger partial charge in [-0.2, -0.15) is 0 Å². The van der Waals surface area contributed by atoms with Crippen molar-refractivity contribution < 1.29 is 19.8 Å². The van der Waals surface area contributed by atoms with Crippen LogP contribution in [0.4, 0.5) is 0 Å². The molecule has 0 saturated heterocycles. The summed E-state index contributed by atoms with van der Waals surface area (Å²) in [4.78, 5) is 21.8. The third-order valence-corrected chi connectivity index (χ3v) is 3.64. The smallest absolute Gasteiger partial charge is 0.332 e. The van der Waals surface area contributed by atoms with E-state index in [9.17, 15) is 9.59 Å². The molecule has 0 fully saturated rings. The van der Waals surface area contributed by atoms with Crippen LogP contribution in [0.5, 0.6) is 0 Å². The first-order valence-electron chi connectivity index (χ1n) is 4.02. The van der Waals surface area contributed by atoms with Gasteiger partial charge in [-0.1, -0.05) is 11.6 Å². The zero-order valence-electron chi connectivity index (χ0n) is 7.75. The molecule has 1 unspecified atom stereocenters. The Morgan fingerprint density at radius 1 is 1.53 bits per heavy atom. The number of hydrogen-bond donors (Lipinski definition) is 2. The quantitative estimate of drug-likeness (QED) is 0.820. The Bertz CT molecular complexity index is 399. The Kier molecular flexibility index (Phi) is 3.25. The average Bonchev–Trinajstić information content (AvgIpc) is 2.10. The minimum absolute atomic E-state index is 0.0209. The lowest BCUT2D eigenvalue weighted by Gasteiger charge is -2.26. The van der Waals surface area contributed by atoms with Crippen LogP contribution in [0, 0.1) is 5.41 Å². The number of carbonyl (C=O) groups is 2. The zero-order chi connectivity index (χ0) is 11.8. The van der Waals surface area contributed by atoms with Crippen molar-refractivity contribution in [1.29, 1.82) is 0 Å². The van der Waals surface area contributed by atoms with Crippen molar-refractivity contribution in [2.75, 3.05) is 0 Å². The predicted octanol–water partition coefficient (Wildman–Crippen LogP) is 2.34. The van der Waals surface area contributed by atoms with Gasteiger partial charge in [-0.25, -0.2) is 4.79 Å². The SMILES string of the molecule is CC1(C(=O)O)C=C(Cl)C(Br)=C(C(=O)O)C1. The molecule has 0 spiro atoms. The van der Waals surface area contributed by atoms with Crippen LogP contribution in [0.15, 0.2) is 21.2 Å². The van der Waals surface area contributed by atoms with Crippen molar-refractivity contribution in [2.45, 2.75) is 13.3 Å². The lowest BCUT2D eigenvalue weighted by molar-refractivity contribution is -0.145. The Morgan fingerprint density at radius 2 is 2.07 bits per heavy atom. The van der Waals surface area contributed by atoms with Gasteiger partial charge in [0, 0.05) is 10.9 Å². The summed E-state index contributed by atoms with van der Waals surface area (Å²) in [5, 5.41) is 18.0. The van der Waals surface area contributed by atoms with Crippen LogP contribution in [-0.2, 0) is 9.59 Å². The van der Waals surface area contributed by atoms with E-state index in [-0.39, 0.29) is 21.5 Å². The molecule has 1 aliphatic carbocycles. The summed E-state index contributed by atoms with van der Waals surface area (Å²) >= 11 is 8.79. The van der Waals surface area contributed by atoms with Crippen molar-refractivity contribution in [3.63, 3.8) is 0 Å². The van der Waals surface area contributed by atoms with Crippen molar-refractivity contribution in [2.24, 2.45) is 5.41 Å². The number of allylic oxidation sites excluding steroid dienone is 2. The van der Waals surface area contributed by atoms with E-state index < -0.39 is 17.4 Å². The Morgan fingerprint density at radius 3 is 2.47 bits per heavy atom. The van der Waals surface area contributed by atoms with Crippen LogP contribution in [0.25, 0.3) is 0 Å². The third kappa shape index (κ3) is 2.23. The molecule has 0 aromatic heterocycles. The summed E-state index contributed by atoms with van der Waals surface area (Å²) < 4.78 is 0.246. The van der Waals surface area contributed by atoms with Crippen LogP contribution in [-0.4, -0.2) is 22.2 Å². The Labute approximate surface area is 99.4 Å². The molecule has 0 saturated carbocycles. The fourth-order valence-electron chi connectivity index (χ4n) is 1.29. The van der Waals surface area contributed by atoms with Gasteiger partial charge in [0.15, 0.2) is 0 Å². The molecular formula is C9H8BrClO4. The molecule has 0 radical (unpaired) electrons. The molecule has 0 aromatic rings. The minimum atomic E-state index is -1.26. The molecule has 0 aliphatic heterocycles. The van der Waals surface area contributed by atoms with Gasteiger partial charge in [0.2, 0.25) is 0 Å². The molecule has 1 aliphatic rings. The highest BCUT2D eigenvalue weighted by molar-refractivity contribution is 9.12. The maximum atomic E-state index is 11.0. The van der Waals surface area contributed by atoms with Gasteiger partial charge < -0.3 is 10.2 Å². The third-order valence-electron chi connectivity index (χ3n) is 2.21. The second kappa shape index (κ2) is 3.98. The topological polar surface area (TPSA) is 74.6 Å². The summed E-state index contributed by atoms with van der Waals surface area (Å²) in [6, 6.07) is 0. The summed E-state index contributed by atoms with van der Waals surface area (Å²) in [7, 11) is 0. The number of rotatable bonds is 2. The minimum Gasteiger partial charge on any atom is -0.481 e. The van der Waals surface area contributed by atoms with Gasteiger partial charge >= 0.3 is 11.9 Å². The van der Waals surface area contributed by atoms with Crippen LogP contribution >= 0.6 is 27.5 Å². The summed E-state index contributed by atoms with van der Waals surface area (Å²) in [6.07, 6.45) is 1.25. The predicted molar refractivity (Wildman–Crippen MR) is 57.9 cm³/mol. The van der Waals surface area contributed by atoms with E-state index >= 15 is 0 Å². The number of carboxylic acid groups (broad SMARTS) is 2. The lowest BCUT2D eigenvalue weighted by atomic mass is 9.80. The van der Waals surface area contributed by atoms with E-state index in [1.165, 1.54) is 13.0 Å². The van der Waals surface area contributed by atoms with Crippen molar-refractivity contribution in [3.8, 4) is 0 Å². The highest BCUT2D eigenvalue weighted by atomic mass is 79.9. The van der Waals surface area contributed by atoms with Crippen LogP contribution in [0.1, 0.15) is 13.3 Å². The van der Waals surface area contributed by atoms with Gasteiger partial charge in [0.25, 0.3) is 0 Å². The molecule has 0 heterocycles. The second-order valence-electron chi connectivity index (χ2n) is 3.49. The van der Waals surface area contributed by atoms with Crippen molar-refractivity contribution in [1.82, 2.24) is 0 Å². The van der Waals surface area contributed by atoms with E-state index in [4.69, 9.17) is 21.8 Å². The first-order valence-corrected chi connectivity index (χ1v) is 5.19. The Hall–Kier alpha value is -0.810. The highest BCUT2D eigenvalue weighted by Crippen LogP contribution is 2.41. The fraction of sp³-hybridized carbons (Fsp3) is 0.333. The van der Waals surface area contributed by atoms with Crippen molar-refractivity contribution >= 4 is 39.5 Å². The Balaban J connectivity index is 3.23. The highest BCUT2D eigenvalue weighted by Gasteiger charge is 2.38. The summed E-state index contributed by atoms with van der Waals surface area (Å²) in [6.45, 7) is 1.43. The molecule has 6 heteroatoms. The first kappa shape index (κ1) is 12.3. The maximum Gasteiger partial charge on any atom is 0.332 e. The fourth-order valence-corrected chi connectivity index (χ4v) is 2.07. The van der Waals surface area contributed by atoms with Crippen LogP contribution in [0.2, 0.25) is 0 Å². The largest absolute Gasteiger partial charge is 0.481 e. The van der Waals surface area contributed by atoms with Gasteiger partial charge in [0.05, 0.1) is 16.0 Å². The summed E-state index contributed by atoms with van der Waals surface area (Å²) in [5.41, 5.74) is -1.28. The average molecular weight is 296 g/mol. The molecular weight excluding hydrogens is 287 g/mol. The molecule has 15 heavy (non-hydrogen) atoms. The standard InChI is InChI=1S/C9H8BrClO4/c1-9(8(14)15)2-4(7(12)13)6(10)5(11)3-9/h3H,2H2,1H3,(H,12,13)(H,14,15). The number of aliphatic carboxylic acids is 2. The zero-order valence-corrected chi connectivity index (χ0v) is 10.1. The van der Waals surface area contributed by atoms with Gasteiger partial charge in [0.1, 0.15) is 0 Å². The van der Waals surface area contributed by atoms with Crippen LogP contribution < -0.4 is 0 Å². The molecule has 0 bridgehead atoms. The van der Waals surface area contributed by atoms with E-state index in [2.05, 4.69) is 15.9 Å². The normalized spacial score (nSPS) is 26.2. The number of hydrogen-bond acceptors (Lipinski definition) is 2. The van der Waals surface area contributed by atoms with E-state index in [0.29, 0.717) is 0 Å². The van der Waals surface area contributed by atoms with E-state index in [1.54, 1.807) is 0 Å². The molecule has 0 amide bonds. The van der Waals surface area contributed by atoms with Crippen molar-refractivity contribution in [3.05, 3.63) is 21.2 Å². The summed E-state index contributed by atoms with van der Waals surface area (Å²) in [5.74, 6) is -2.26. The molecule has 4 nitrogen and oxygen atoms in total. The first-order chi connectivity index (χ1) is 6.78. The van der Waals surface area contributed by atoms with Gasteiger partial charge in [-0.3, -0.25) is 4.79 Å². The second-order valence-corrected chi connectivity index (χ2v) is 4.69. The number of carboxylic acids is 2. The monoisotopic (exact) mass is 294 g/mol.